The molecule has 4 N–H and O–H groups in total. The Labute approximate surface area is 198 Å². The lowest BCUT2D eigenvalue weighted by molar-refractivity contribution is -0.137. The molecule has 0 saturated carbocycles. The van der Waals surface area contributed by atoms with Crippen LogP contribution in [0.2, 0.25) is 0 Å². The zero-order valence-electron chi connectivity index (χ0n) is 18.5. The Bertz CT molecular complexity index is 1330. The van der Waals surface area contributed by atoms with E-state index in [9.17, 15) is 22.5 Å². The Balaban J connectivity index is 1.66. The van der Waals surface area contributed by atoms with Crippen LogP contribution < -0.4 is 10.6 Å². The van der Waals surface area contributed by atoms with Gasteiger partial charge < -0.3 is 25.3 Å². The summed E-state index contributed by atoms with van der Waals surface area (Å²) in [5.74, 6) is -0.990. The van der Waals surface area contributed by atoms with E-state index < -0.39 is 31.3 Å². The third kappa shape index (κ3) is 5.29. The van der Waals surface area contributed by atoms with Crippen LogP contribution in [0, 0.1) is 0 Å². The summed E-state index contributed by atoms with van der Waals surface area (Å²) < 4.78 is 52.2. The van der Waals surface area contributed by atoms with Crippen molar-refractivity contribution in [2.45, 2.75) is 25.3 Å². The lowest BCUT2D eigenvalue weighted by Gasteiger charge is -2.16. The minimum absolute atomic E-state index is 0.146. The molecule has 4 rings (SSSR count). The number of hydrogen-bond acceptors (Lipinski definition) is 6. The number of nitrogens with one attached hydrogen (secondary N) is 2. The number of carbonyl (C=O) groups excluding carboxylic acids is 1. The summed E-state index contributed by atoms with van der Waals surface area (Å²) in [5, 5.41) is 5.44. The van der Waals surface area contributed by atoms with Gasteiger partial charge in [0, 0.05) is 18.9 Å². The van der Waals surface area contributed by atoms with Gasteiger partial charge in [-0.05, 0) is 36.2 Å². The second kappa shape index (κ2) is 8.95. The molecule has 1 aliphatic heterocycles. The van der Waals surface area contributed by atoms with Crippen LogP contribution in [-0.4, -0.2) is 37.6 Å². The molecule has 35 heavy (non-hydrogen) atoms. The number of hydrogen-bond donors (Lipinski definition) is 4. The van der Waals surface area contributed by atoms with Gasteiger partial charge in [0.1, 0.15) is 11.4 Å². The zero-order valence-corrected chi connectivity index (χ0v) is 19.4. The minimum Gasteiger partial charge on any atom is -0.339 e. The van der Waals surface area contributed by atoms with Crippen molar-refractivity contribution in [2.24, 2.45) is 0 Å². The van der Waals surface area contributed by atoms with Gasteiger partial charge in [0.25, 0.3) is 5.91 Å². The van der Waals surface area contributed by atoms with Crippen molar-refractivity contribution in [1.82, 2.24) is 14.9 Å². The van der Waals surface area contributed by atoms with Crippen molar-refractivity contribution >= 4 is 36.6 Å². The van der Waals surface area contributed by atoms with Gasteiger partial charge >= 0.3 is 13.8 Å². The van der Waals surface area contributed by atoms with Crippen molar-refractivity contribution in [2.75, 3.05) is 17.7 Å². The predicted octanol–water partition coefficient (Wildman–Crippen LogP) is 4.81. The Morgan fingerprint density at radius 2 is 1.80 bits per heavy atom. The number of benzene rings is 2. The standard InChI is InChI=1S/C22H21F3N5O4P/c1-12-15-4-3-5-17(18(15)20(31)30(12)2)28-19-16(22(23,24)25)10-26-21(29-19)27-14-8-6-13(7-9-14)11-35(32,33)34/h3-10,12H,11H2,1-2H3,(H2,32,33,34)(H2,26,27,28,29). The maximum Gasteiger partial charge on any atom is 0.421 e. The summed E-state index contributed by atoms with van der Waals surface area (Å²) in [7, 11) is -2.62. The first kappa shape index (κ1) is 24.6. The second-order valence-electron chi connectivity index (χ2n) is 8.09. The Kier molecular flexibility index (Phi) is 6.31. The van der Waals surface area contributed by atoms with E-state index in [4.69, 9.17) is 9.79 Å². The van der Waals surface area contributed by atoms with Gasteiger partial charge in [0.15, 0.2) is 0 Å². The monoisotopic (exact) mass is 507 g/mol. The molecule has 0 saturated heterocycles. The number of fused-ring (bicyclic) bond motifs is 1. The fraction of sp³-hybridized carbons (Fsp3) is 0.227. The number of anilines is 4. The average molecular weight is 507 g/mol. The summed E-state index contributed by atoms with van der Waals surface area (Å²) in [4.78, 5) is 40.1. The van der Waals surface area contributed by atoms with Crippen molar-refractivity contribution in [1.29, 1.82) is 0 Å². The maximum absolute atomic E-state index is 13.7. The van der Waals surface area contributed by atoms with Gasteiger partial charge in [-0.25, -0.2) is 4.98 Å². The number of rotatable bonds is 6. The minimum atomic E-state index is -4.75. The van der Waals surface area contributed by atoms with Crippen LogP contribution in [0.3, 0.4) is 0 Å². The van der Waals surface area contributed by atoms with Crippen molar-refractivity contribution in [3.05, 3.63) is 70.9 Å². The second-order valence-corrected chi connectivity index (χ2v) is 9.73. The van der Waals surface area contributed by atoms with Crippen LogP contribution in [0.15, 0.2) is 48.7 Å². The maximum atomic E-state index is 13.7. The van der Waals surface area contributed by atoms with E-state index in [1.807, 2.05) is 6.92 Å². The van der Waals surface area contributed by atoms with Gasteiger partial charge in [0.05, 0.1) is 23.5 Å². The Morgan fingerprint density at radius 1 is 1.11 bits per heavy atom. The molecule has 1 unspecified atom stereocenters. The van der Waals surface area contributed by atoms with Crippen LogP contribution in [0.25, 0.3) is 0 Å². The highest BCUT2D eigenvalue weighted by Gasteiger charge is 2.37. The molecule has 0 bridgehead atoms. The summed E-state index contributed by atoms with van der Waals surface area (Å²) in [5.41, 5.74) is 0.853. The molecule has 2 aromatic carbocycles. The lowest BCUT2D eigenvalue weighted by Crippen LogP contribution is -2.21. The molecule has 0 spiro atoms. The average Bonchev–Trinajstić information content (AvgIpc) is 2.98. The van der Waals surface area contributed by atoms with Crippen LogP contribution in [0.4, 0.5) is 36.3 Å². The van der Waals surface area contributed by atoms with Crippen LogP contribution in [0.5, 0.6) is 0 Å². The Morgan fingerprint density at radius 3 is 2.43 bits per heavy atom. The van der Waals surface area contributed by atoms with Crippen molar-refractivity contribution in [3.8, 4) is 0 Å². The summed E-state index contributed by atoms with van der Waals surface area (Å²) in [6.45, 7) is 1.83. The molecule has 1 atom stereocenters. The van der Waals surface area contributed by atoms with Gasteiger partial charge in [-0.3, -0.25) is 9.36 Å². The third-order valence-corrected chi connectivity index (χ3v) is 6.38. The number of amides is 1. The smallest absolute Gasteiger partial charge is 0.339 e. The molecule has 0 aliphatic carbocycles. The van der Waals surface area contributed by atoms with Gasteiger partial charge in [-0.15, -0.1) is 0 Å². The SMILES string of the molecule is CC1c2cccc(Nc3nc(Nc4ccc(CP(=O)(O)O)cc4)ncc3C(F)(F)F)c2C(=O)N1C. The highest BCUT2D eigenvalue weighted by Crippen LogP contribution is 2.41. The van der Waals surface area contributed by atoms with E-state index in [1.165, 1.54) is 35.2 Å². The molecular formula is C22H21F3N5O4P. The molecule has 9 nitrogen and oxygen atoms in total. The molecule has 13 heteroatoms. The van der Waals surface area contributed by atoms with Gasteiger partial charge in [-0.1, -0.05) is 24.3 Å². The Hall–Kier alpha value is -3.47. The van der Waals surface area contributed by atoms with E-state index in [2.05, 4.69) is 20.6 Å². The topological polar surface area (TPSA) is 128 Å². The summed E-state index contributed by atoms with van der Waals surface area (Å²) in [6.07, 6.45) is -4.55. The molecule has 184 valence electrons. The summed E-state index contributed by atoms with van der Waals surface area (Å²) in [6, 6.07) is 10.6. The number of nitrogens with zero attached hydrogens (tertiary/aromatic N) is 3. The zero-order chi connectivity index (χ0) is 25.5. The van der Waals surface area contributed by atoms with Crippen LogP contribution >= 0.6 is 7.60 Å². The predicted molar refractivity (Wildman–Crippen MR) is 123 cm³/mol. The fourth-order valence-corrected chi connectivity index (χ4v) is 4.44. The van der Waals surface area contributed by atoms with E-state index >= 15 is 0 Å². The number of alkyl halides is 3. The number of halogens is 3. The molecule has 1 aliphatic rings. The molecule has 0 radical (unpaired) electrons. The highest BCUT2D eigenvalue weighted by molar-refractivity contribution is 7.50. The largest absolute Gasteiger partial charge is 0.421 e. The first-order valence-corrected chi connectivity index (χ1v) is 12.1. The lowest BCUT2D eigenvalue weighted by atomic mass is 10.0. The van der Waals surface area contributed by atoms with E-state index in [1.54, 1.807) is 19.2 Å². The van der Waals surface area contributed by atoms with E-state index in [0.29, 0.717) is 23.0 Å². The molecule has 3 aromatic rings. The van der Waals surface area contributed by atoms with E-state index in [-0.39, 0.29) is 29.1 Å². The van der Waals surface area contributed by atoms with Crippen LogP contribution in [-0.2, 0) is 16.9 Å². The van der Waals surface area contributed by atoms with Crippen molar-refractivity contribution in [3.63, 3.8) is 0 Å². The third-order valence-electron chi connectivity index (χ3n) is 5.61. The summed E-state index contributed by atoms with van der Waals surface area (Å²) >= 11 is 0. The molecular weight excluding hydrogens is 486 g/mol. The fourth-order valence-electron chi connectivity index (χ4n) is 3.75. The first-order valence-electron chi connectivity index (χ1n) is 10.4. The normalized spacial score (nSPS) is 15.8. The van der Waals surface area contributed by atoms with Gasteiger partial charge in [-0.2, -0.15) is 18.2 Å². The quantitative estimate of drug-likeness (QED) is 0.350. The van der Waals surface area contributed by atoms with Gasteiger partial charge in [0.2, 0.25) is 5.95 Å². The van der Waals surface area contributed by atoms with E-state index in [0.717, 1.165) is 0 Å². The molecule has 2 heterocycles. The molecule has 1 aromatic heterocycles. The number of carbonyl (C=O) groups is 1. The van der Waals surface area contributed by atoms with Crippen LogP contribution in [0.1, 0.15) is 40.0 Å². The first-order chi connectivity index (χ1) is 16.3. The van der Waals surface area contributed by atoms with Crippen molar-refractivity contribution < 1.29 is 32.3 Å². The molecule has 0 fully saturated rings. The number of aromatic nitrogens is 2. The highest BCUT2D eigenvalue weighted by atomic mass is 31.2. The molecule has 1 amide bonds.